The number of benzene rings is 4. The Labute approximate surface area is 496 Å². The van der Waals surface area contributed by atoms with Gasteiger partial charge in [0.05, 0.1) is 50.8 Å². The van der Waals surface area contributed by atoms with Gasteiger partial charge in [-0.3, -0.25) is 39.3 Å². The zero-order valence-electron chi connectivity index (χ0n) is 50.2. The predicted molar refractivity (Wildman–Crippen MR) is 333 cm³/mol. The quantitative estimate of drug-likeness (QED) is 0.0303. The van der Waals surface area contributed by atoms with Gasteiger partial charge in [0, 0.05) is 70.3 Å². The van der Waals surface area contributed by atoms with Crippen molar-refractivity contribution in [2.24, 2.45) is 4.99 Å². The molecule has 0 aliphatic rings. The van der Waals surface area contributed by atoms with Crippen LogP contribution in [0.4, 0.5) is 22.7 Å². The summed E-state index contributed by atoms with van der Waals surface area (Å²) in [5.41, 5.74) is -0.849. The van der Waals surface area contributed by atoms with Gasteiger partial charge in [0.25, 0.3) is 29.3 Å². The van der Waals surface area contributed by atoms with E-state index in [4.69, 9.17) is 33.9 Å². The molecular formula is C65H67N11O10. The number of nitro benzene ring substituents is 1. The number of hydrogen-bond donors (Lipinski definition) is 4. The van der Waals surface area contributed by atoms with E-state index in [0.717, 1.165) is 5.69 Å². The number of fused-ring (bicyclic) bond motifs is 4. The Morgan fingerprint density at radius 3 is 1.17 bits per heavy atom. The molecule has 0 spiro atoms. The number of anilines is 3. The van der Waals surface area contributed by atoms with Crippen LogP contribution in [-0.4, -0.2) is 95.2 Å². The molecule has 0 saturated carbocycles. The lowest BCUT2D eigenvalue weighted by atomic mass is 10.1. The van der Waals surface area contributed by atoms with Gasteiger partial charge in [-0.1, -0.05) is 30.3 Å². The summed E-state index contributed by atoms with van der Waals surface area (Å²) in [6, 6.07) is 31.4. The van der Waals surface area contributed by atoms with E-state index in [0.29, 0.717) is 33.0 Å². The molecule has 0 unspecified atom stereocenters. The molecule has 0 aliphatic heterocycles. The van der Waals surface area contributed by atoms with Crippen molar-refractivity contribution < 1.29 is 43.0 Å². The maximum atomic E-state index is 14.8. The molecule has 4 aromatic carbocycles. The molecule has 0 atom stereocenters. The zero-order chi connectivity index (χ0) is 62.0. The fourth-order valence-corrected chi connectivity index (χ4v) is 9.10. The number of aliphatic imine (C=N–C) groups is 1. The standard InChI is InChI=1S/C65H67N11O10/c1-36-19-14-20-37(68-36)35-66-29-30-67-58(77)45-31-50(83-62(2,3)4)38-21-15-25-42(54(38)69-45)73-59(78)46-32-51(84-63(5,6)7)39-22-16-26-43(55(39)70-46)74-60(79)47-33-52(85-64(8,9)10)40-23-17-27-44(56(40)71-47)75-61(80)48-34-53(86-65(11,12)13)41-24-18-28-49(76(81)82)57(41)72-48/h14-28,31-35H,29-30H2,1-13H3,(H,67,77)(H,73,78)(H,74,79)(H,75,80). The Hall–Kier alpha value is -10.2. The van der Waals surface area contributed by atoms with Gasteiger partial charge in [-0.15, -0.1) is 0 Å². The molecule has 9 rings (SSSR count). The Balaban J connectivity index is 1.06. The molecule has 0 aliphatic carbocycles. The van der Waals surface area contributed by atoms with E-state index in [-0.39, 0.29) is 97.9 Å². The summed E-state index contributed by atoms with van der Waals surface area (Å²) >= 11 is 0. The molecule has 442 valence electrons. The minimum absolute atomic E-state index is 0.0425. The van der Waals surface area contributed by atoms with Gasteiger partial charge in [-0.2, -0.15) is 0 Å². The normalized spacial score (nSPS) is 12.1. The first-order valence-electron chi connectivity index (χ1n) is 27.8. The molecule has 9 aromatic rings. The van der Waals surface area contributed by atoms with Crippen molar-refractivity contribution in [3.8, 4) is 23.0 Å². The maximum Gasteiger partial charge on any atom is 0.295 e. The number of carbonyl (C=O) groups excluding carboxylic acids is 4. The number of rotatable bonds is 16. The second-order valence-electron chi connectivity index (χ2n) is 24.3. The average molecular weight is 1160 g/mol. The molecule has 0 saturated heterocycles. The third kappa shape index (κ3) is 14.6. The van der Waals surface area contributed by atoms with Crippen molar-refractivity contribution >= 4 is 96.2 Å². The van der Waals surface area contributed by atoms with Crippen molar-refractivity contribution in [1.82, 2.24) is 30.2 Å². The third-order valence-corrected chi connectivity index (χ3v) is 12.4. The lowest BCUT2D eigenvalue weighted by molar-refractivity contribution is -0.383. The lowest BCUT2D eigenvalue weighted by Crippen LogP contribution is -2.28. The van der Waals surface area contributed by atoms with Crippen molar-refractivity contribution in [2.75, 3.05) is 29.0 Å². The van der Waals surface area contributed by atoms with E-state index >= 15 is 0 Å². The van der Waals surface area contributed by atoms with Crippen molar-refractivity contribution in [3.05, 3.63) is 160 Å². The summed E-state index contributed by atoms with van der Waals surface area (Å²) in [5, 5.41) is 25.6. The molecule has 0 bridgehead atoms. The predicted octanol–water partition coefficient (Wildman–Crippen LogP) is 12.8. The van der Waals surface area contributed by atoms with Crippen LogP contribution in [0, 0.1) is 17.0 Å². The third-order valence-electron chi connectivity index (χ3n) is 12.4. The number of carbonyl (C=O) groups is 4. The van der Waals surface area contributed by atoms with Gasteiger partial charge in [-0.25, -0.2) is 19.9 Å². The van der Waals surface area contributed by atoms with Crippen LogP contribution in [0.25, 0.3) is 43.6 Å². The first kappa shape index (κ1) is 60.4. The Morgan fingerprint density at radius 2 is 0.814 bits per heavy atom. The van der Waals surface area contributed by atoms with E-state index in [9.17, 15) is 29.3 Å². The minimum Gasteiger partial charge on any atom is -0.487 e. The Bertz CT molecular complexity index is 4210. The molecule has 21 nitrogen and oxygen atoms in total. The van der Waals surface area contributed by atoms with E-state index < -0.39 is 51.0 Å². The highest BCUT2D eigenvalue weighted by Crippen LogP contribution is 2.39. The van der Waals surface area contributed by atoms with Gasteiger partial charge in [0.15, 0.2) is 5.52 Å². The molecule has 21 heteroatoms. The van der Waals surface area contributed by atoms with E-state index in [2.05, 4.69) is 36.2 Å². The number of pyridine rings is 5. The van der Waals surface area contributed by atoms with Crippen LogP contribution in [0.2, 0.25) is 0 Å². The highest BCUT2D eigenvalue weighted by Gasteiger charge is 2.28. The molecule has 0 fully saturated rings. The van der Waals surface area contributed by atoms with Crippen LogP contribution in [0.5, 0.6) is 23.0 Å². The average Bonchev–Trinajstić information content (AvgIpc) is 1.00. The van der Waals surface area contributed by atoms with Crippen LogP contribution in [-0.2, 0) is 0 Å². The first-order chi connectivity index (χ1) is 40.5. The maximum absolute atomic E-state index is 14.8. The van der Waals surface area contributed by atoms with Crippen LogP contribution in [0.3, 0.4) is 0 Å². The summed E-state index contributed by atoms with van der Waals surface area (Å²) < 4.78 is 25.5. The molecular weight excluding hydrogens is 1090 g/mol. The topological polar surface area (TPSA) is 273 Å². The lowest BCUT2D eigenvalue weighted by Gasteiger charge is -2.24. The fraction of sp³-hybridized carbons (Fsp3) is 0.292. The van der Waals surface area contributed by atoms with E-state index in [1.807, 2.05) is 108 Å². The summed E-state index contributed by atoms with van der Waals surface area (Å²) in [6.07, 6.45) is 1.65. The second kappa shape index (κ2) is 23.8. The zero-order valence-corrected chi connectivity index (χ0v) is 50.2. The van der Waals surface area contributed by atoms with Crippen LogP contribution in [0.15, 0.2) is 120 Å². The van der Waals surface area contributed by atoms with Gasteiger partial charge < -0.3 is 40.2 Å². The number of aromatic nitrogens is 5. The highest BCUT2D eigenvalue weighted by molar-refractivity contribution is 6.14. The van der Waals surface area contributed by atoms with Crippen molar-refractivity contribution in [3.63, 3.8) is 0 Å². The summed E-state index contributed by atoms with van der Waals surface area (Å²) in [5.74, 6) is -1.46. The summed E-state index contributed by atoms with van der Waals surface area (Å²) in [4.78, 5) is 96.9. The van der Waals surface area contributed by atoms with Gasteiger partial charge in [-0.05, 0) is 145 Å². The second-order valence-corrected chi connectivity index (χ2v) is 24.3. The largest absolute Gasteiger partial charge is 0.487 e. The fourth-order valence-electron chi connectivity index (χ4n) is 9.10. The summed E-state index contributed by atoms with van der Waals surface area (Å²) in [7, 11) is 0. The van der Waals surface area contributed by atoms with E-state index in [1.54, 1.807) is 72.9 Å². The molecule has 0 radical (unpaired) electrons. The minimum atomic E-state index is -0.771. The van der Waals surface area contributed by atoms with Crippen LogP contribution < -0.4 is 40.2 Å². The molecule has 4 amide bonds. The number of hydrogen-bond acceptors (Lipinski definition) is 16. The number of para-hydroxylation sites is 4. The number of nitrogens with zero attached hydrogens (tertiary/aromatic N) is 7. The number of ether oxygens (including phenoxy) is 4. The highest BCUT2D eigenvalue weighted by atomic mass is 16.6. The summed E-state index contributed by atoms with van der Waals surface area (Å²) in [6.45, 7) is 24.6. The van der Waals surface area contributed by atoms with Gasteiger partial charge >= 0.3 is 0 Å². The van der Waals surface area contributed by atoms with Crippen LogP contribution >= 0.6 is 0 Å². The SMILES string of the molecule is Cc1cccc(C=NCCNC(=O)c2cc(OC(C)(C)C)c3cccc(NC(=O)c4cc(OC(C)(C)C)c5cccc(NC(=O)c6cc(OC(C)(C)C)c7cccc(NC(=O)c8cc(OC(C)(C)C)c9cccc([N+](=O)[O-])c9n8)c7n6)c5n4)c3n2)n1. The molecule has 86 heavy (non-hydrogen) atoms. The number of non-ortho nitro benzene ring substituents is 1. The first-order valence-corrected chi connectivity index (χ1v) is 27.8. The molecule has 5 heterocycles. The molecule has 4 N–H and O–H groups in total. The number of nitrogens with one attached hydrogen (secondary N) is 4. The molecule has 5 aromatic heterocycles. The number of nitro groups is 1. The van der Waals surface area contributed by atoms with Crippen molar-refractivity contribution in [2.45, 2.75) is 112 Å². The van der Waals surface area contributed by atoms with Gasteiger partial charge in [0.1, 0.15) is 68.2 Å². The number of amides is 4. The van der Waals surface area contributed by atoms with Crippen LogP contribution in [0.1, 0.15) is 136 Å². The van der Waals surface area contributed by atoms with Gasteiger partial charge in [0.2, 0.25) is 0 Å². The van der Waals surface area contributed by atoms with E-state index in [1.165, 1.54) is 30.3 Å². The smallest absolute Gasteiger partial charge is 0.295 e. The number of aryl methyl sites for hydroxylation is 1. The monoisotopic (exact) mass is 1160 g/mol. The van der Waals surface area contributed by atoms with Crippen molar-refractivity contribution in [1.29, 1.82) is 0 Å². The Kier molecular flexibility index (Phi) is 16.7. The Morgan fingerprint density at radius 1 is 0.477 bits per heavy atom.